The average molecular weight is 213 g/mol. The molecule has 0 aliphatic heterocycles. The van der Waals surface area contributed by atoms with E-state index < -0.39 is 0 Å². The summed E-state index contributed by atoms with van der Waals surface area (Å²) in [7, 11) is 0. The maximum atomic E-state index is 11.1. The van der Waals surface area contributed by atoms with Crippen LogP contribution in [-0.2, 0) is 9.53 Å². The van der Waals surface area contributed by atoms with E-state index in [1.54, 1.807) is 0 Å². The molecule has 1 aliphatic rings. The van der Waals surface area contributed by atoms with Crippen LogP contribution in [0.25, 0.3) is 0 Å². The van der Waals surface area contributed by atoms with Gasteiger partial charge in [0.1, 0.15) is 0 Å². The summed E-state index contributed by atoms with van der Waals surface area (Å²) in [5.41, 5.74) is 0.451. The van der Waals surface area contributed by atoms with Crippen molar-refractivity contribution < 1.29 is 9.53 Å². The molecule has 0 spiro atoms. The Kier molecular flexibility index (Phi) is 5.09. The SMILES string of the molecule is CCOC(=O)CNCC1(CC)CCCC1. The monoisotopic (exact) mass is 213 g/mol. The molecule has 1 fully saturated rings. The summed E-state index contributed by atoms with van der Waals surface area (Å²) >= 11 is 0. The zero-order chi connectivity index (χ0) is 11.1. The molecule has 1 N–H and O–H groups in total. The van der Waals surface area contributed by atoms with Gasteiger partial charge in [-0.25, -0.2) is 0 Å². The predicted octanol–water partition coefficient (Wildman–Crippen LogP) is 2.11. The molecule has 0 aromatic carbocycles. The number of rotatable bonds is 6. The molecule has 0 radical (unpaired) electrons. The first-order chi connectivity index (χ1) is 7.22. The van der Waals surface area contributed by atoms with Gasteiger partial charge in [0.15, 0.2) is 0 Å². The summed E-state index contributed by atoms with van der Waals surface area (Å²) in [4.78, 5) is 11.1. The highest BCUT2D eigenvalue weighted by Gasteiger charge is 2.31. The molecule has 3 heteroatoms. The lowest BCUT2D eigenvalue weighted by Gasteiger charge is -2.27. The summed E-state index contributed by atoms with van der Waals surface area (Å²) < 4.78 is 4.87. The van der Waals surface area contributed by atoms with E-state index in [2.05, 4.69) is 12.2 Å². The van der Waals surface area contributed by atoms with E-state index >= 15 is 0 Å². The molecule has 1 saturated carbocycles. The summed E-state index contributed by atoms with van der Waals surface area (Å²) in [6.07, 6.45) is 6.51. The van der Waals surface area contributed by atoms with Gasteiger partial charge in [0.2, 0.25) is 0 Å². The summed E-state index contributed by atoms with van der Waals surface area (Å²) in [5, 5.41) is 3.23. The smallest absolute Gasteiger partial charge is 0.319 e. The first-order valence-corrected chi connectivity index (χ1v) is 6.09. The normalized spacial score (nSPS) is 19.1. The van der Waals surface area contributed by atoms with Gasteiger partial charge in [0.25, 0.3) is 0 Å². The van der Waals surface area contributed by atoms with Gasteiger partial charge in [-0.3, -0.25) is 4.79 Å². The van der Waals surface area contributed by atoms with Crippen molar-refractivity contribution in [1.29, 1.82) is 0 Å². The second-order valence-electron chi connectivity index (χ2n) is 4.47. The molecule has 0 saturated heterocycles. The molecule has 88 valence electrons. The lowest BCUT2D eigenvalue weighted by Crippen LogP contribution is -2.35. The third kappa shape index (κ3) is 3.82. The number of carbonyl (C=O) groups is 1. The molecular weight excluding hydrogens is 190 g/mol. The van der Waals surface area contributed by atoms with Crippen molar-refractivity contribution in [3.8, 4) is 0 Å². The van der Waals surface area contributed by atoms with E-state index in [4.69, 9.17) is 4.74 Å². The fraction of sp³-hybridized carbons (Fsp3) is 0.917. The minimum absolute atomic E-state index is 0.137. The molecule has 15 heavy (non-hydrogen) atoms. The second kappa shape index (κ2) is 6.11. The molecule has 3 nitrogen and oxygen atoms in total. The van der Waals surface area contributed by atoms with Crippen LogP contribution in [-0.4, -0.2) is 25.7 Å². The van der Waals surface area contributed by atoms with Crippen LogP contribution in [0, 0.1) is 5.41 Å². The van der Waals surface area contributed by atoms with Crippen LogP contribution in [0.3, 0.4) is 0 Å². The van der Waals surface area contributed by atoms with E-state index in [1.165, 1.54) is 32.1 Å². The van der Waals surface area contributed by atoms with Crippen LogP contribution in [0.2, 0.25) is 0 Å². The van der Waals surface area contributed by atoms with E-state index in [0.717, 1.165) is 6.54 Å². The number of ether oxygens (including phenoxy) is 1. The zero-order valence-electron chi connectivity index (χ0n) is 9.97. The van der Waals surface area contributed by atoms with E-state index in [0.29, 0.717) is 18.6 Å². The van der Waals surface area contributed by atoms with Crippen LogP contribution >= 0.6 is 0 Å². The van der Waals surface area contributed by atoms with Gasteiger partial charge < -0.3 is 10.1 Å². The molecular formula is C12H23NO2. The van der Waals surface area contributed by atoms with Crippen molar-refractivity contribution in [3.05, 3.63) is 0 Å². The topological polar surface area (TPSA) is 38.3 Å². The number of hydrogen-bond acceptors (Lipinski definition) is 3. The molecule has 0 aromatic heterocycles. The minimum Gasteiger partial charge on any atom is -0.465 e. The lowest BCUT2D eigenvalue weighted by molar-refractivity contribution is -0.142. The summed E-state index contributed by atoms with van der Waals surface area (Å²) in [6, 6.07) is 0. The lowest BCUT2D eigenvalue weighted by atomic mass is 9.83. The van der Waals surface area contributed by atoms with E-state index in [-0.39, 0.29) is 5.97 Å². The fourth-order valence-corrected chi connectivity index (χ4v) is 2.42. The zero-order valence-corrected chi connectivity index (χ0v) is 9.97. The van der Waals surface area contributed by atoms with Gasteiger partial charge >= 0.3 is 5.97 Å². The summed E-state index contributed by atoms with van der Waals surface area (Å²) in [6.45, 7) is 5.87. The maximum Gasteiger partial charge on any atom is 0.319 e. The third-order valence-corrected chi connectivity index (χ3v) is 3.49. The van der Waals surface area contributed by atoms with Crippen molar-refractivity contribution in [2.24, 2.45) is 5.41 Å². The highest BCUT2D eigenvalue weighted by molar-refractivity contribution is 5.71. The average Bonchev–Trinajstić information content (AvgIpc) is 2.68. The maximum absolute atomic E-state index is 11.1. The van der Waals surface area contributed by atoms with Crippen molar-refractivity contribution >= 4 is 5.97 Å². The van der Waals surface area contributed by atoms with Gasteiger partial charge in [-0.1, -0.05) is 19.8 Å². The first kappa shape index (κ1) is 12.5. The Labute approximate surface area is 92.6 Å². The number of carbonyl (C=O) groups excluding carboxylic acids is 1. The Morgan fingerprint density at radius 3 is 2.53 bits per heavy atom. The van der Waals surface area contributed by atoms with Crippen LogP contribution in [0.5, 0.6) is 0 Å². The van der Waals surface area contributed by atoms with Crippen LogP contribution < -0.4 is 5.32 Å². The van der Waals surface area contributed by atoms with Gasteiger partial charge in [0.05, 0.1) is 13.2 Å². The second-order valence-corrected chi connectivity index (χ2v) is 4.47. The number of hydrogen-bond donors (Lipinski definition) is 1. The Bertz CT molecular complexity index is 198. The fourth-order valence-electron chi connectivity index (χ4n) is 2.42. The standard InChI is InChI=1S/C12H23NO2/c1-3-12(7-5-6-8-12)10-13-9-11(14)15-4-2/h13H,3-10H2,1-2H3. The molecule has 1 aliphatic carbocycles. The molecule has 0 heterocycles. The molecule has 1 rings (SSSR count). The Balaban J connectivity index is 2.20. The minimum atomic E-state index is -0.137. The highest BCUT2D eigenvalue weighted by Crippen LogP contribution is 2.40. The molecule has 0 atom stereocenters. The van der Waals surface area contributed by atoms with Gasteiger partial charge in [-0.2, -0.15) is 0 Å². The van der Waals surface area contributed by atoms with Gasteiger partial charge in [-0.05, 0) is 31.6 Å². The molecule has 0 unspecified atom stereocenters. The van der Waals surface area contributed by atoms with Gasteiger partial charge in [0, 0.05) is 6.54 Å². The van der Waals surface area contributed by atoms with E-state index in [1.807, 2.05) is 6.92 Å². The predicted molar refractivity (Wildman–Crippen MR) is 60.7 cm³/mol. The van der Waals surface area contributed by atoms with Gasteiger partial charge in [-0.15, -0.1) is 0 Å². The molecule has 0 amide bonds. The first-order valence-electron chi connectivity index (χ1n) is 6.09. The summed E-state index contributed by atoms with van der Waals surface area (Å²) in [5.74, 6) is -0.137. The van der Waals surface area contributed by atoms with Crippen LogP contribution in [0.4, 0.5) is 0 Å². The van der Waals surface area contributed by atoms with E-state index in [9.17, 15) is 4.79 Å². The number of esters is 1. The Morgan fingerprint density at radius 1 is 1.33 bits per heavy atom. The third-order valence-electron chi connectivity index (χ3n) is 3.49. The molecule has 0 bridgehead atoms. The highest BCUT2D eigenvalue weighted by atomic mass is 16.5. The largest absolute Gasteiger partial charge is 0.465 e. The van der Waals surface area contributed by atoms with Crippen LogP contribution in [0.15, 0.2) is 0 Å². The Hall–Kier alpha value is -0.570. The molecule has 0 aromatic rings. The van der Waals surface area contributed by atoms with Crippen molar-refractivity contribution in [3.63, 3.8) is 0 Å². The van der Waals surface area contributed by atoms with Crippen molar-refractivity contribution in [2.45, 2.75) is 46.0 Å². The Morgan fingerprint density at radius 2 is 2.00 bits per heavy atom. The van der Waals surface area contributed by atoms with Crippen molar-refractivity contribution in [1.82, 2.24) is 5.32 Å². The number of nitrogens with one attached hydrogen (secondary N) is 1. The van der Waals surface area contributed by atoms with Crippen molar-refractivity contribution in [2.75, 3.05) is 19.7 Å². The van der Waals surface area contributed by atoms with Crippen LogP contribution in [0.1, 0.15) is 46.0 Å². The quantitative estimate of drug-likeness (QED) is 0.687.